The molecule has 1 atom stereocenters. The average Bonchev–Trinajstić information content (AvgIpc) is 3.43. The Morgan fingerprint density at radius 3 is 3.03 bits per heavy atom. The van der Waals surface area contributed by atoms with Gasteiger partial charge in [-0.25, -0.2) is 14.5 Å². The van der Waals surface area contributed by atoms with E-state index in [4.69, 9.17) is 0 Å². The number of aromatic nitrogens is 5. The second-order valence-electron chi connectivity index (χ2n) is 7.04. The fraction of sp³-hybridized carbons (Fsp3) is 0.250. The maximum absolute atomic E-state index is 13.0. The van der Waals surface area contributed by atoms with E-state index >= 15 is 0 Å². The molecule has 1 amide bonds. The Balaban J connectivity index is 1.40. The molecule has 0 spiro atoms. The summed E-state index contributed by atoms with van der Waals surface area (Å²) in [6, 6.07) is 8.87. The summed E-state index contributed by atoms with van der Waals surface area (Å²) < 4.78 is 1.60. The molecule has 1 fully saturated rings. The van der Waals surface area contributed by atoms with Gasteiger partial charge in [0.25, 0.3) is 11.5 Å². The van der Waals surface area contributed by atoms with Crippen molar-refractivity contribution in [1.29, 1.82) is 0 Å². The number of H-pyrrole nitrogens is 1. The topological polar surface area (TPSA) is 96.2 Å². The number of nitrogens with one attached hydrogen (secondary N) is 1. The number of carbonyl (C=O) groups excluding carboxylic acids is 1. The van der Waals surface area contributed by atoms with Crippen molar-refractivity contribution in [3.63, 3.8) is 0 Å². The molecule has 9 heteroatoms. The predicted octanol–water partition coefficient (Wildman–Crippen LogP) is 2.56. The fourth-order valence-corrected chi connectivity index (χ4v) is 4.39. The van der Waals surface area contributed by atoms with Crippen LogP contribution in [0.25, 0.3) is 16.2 Å². The summed E-state index contributed by atoms with van der Waals surface area (Å²) in [5.41, 5.74) is 1.51. The van der Waals surface area contributed by atoms with E-state index < -0.39 is 0 Å². The standard InChI is InChI=1S/C20H18N6O2S/c27-18-11-14(16-5-2-9-29-16)22-19(23-18)13-4-1-7-25(12-13)20(28)15-10-17-21-6-3-8-26(17)24-15/h2-3,5-6,8-11,13H,1,4,7,12H2,(H,22,23,27). The number of hydrogen-bond acceptors (Lipinski definition) is 6. The first-order valence-corrected chi connectivity index (χ1v) is 10.3. The quantitative estimate of drug-likeness (QED) is 0.564. The number of amides is 1. The zero-order valence-electron chi connectivity index (χ0n) is 15.5. The highest BCUT2D eigenvalue weighted by Gasteiger charge is 2.28. The van der Waals surface area contributed by atoms with Crippen LogP contribution in [0.4, 0.5) is 0 Å². The summed E-state index contributed by atoms with van der Waals surface area (Å²) in [5, 5.41) is 6.30. The van der Waals surface area contributed by atoms with Gasteiger partial charge in [0.1, 0.15) is 5.82 Å². The van der Waals surface area contributed by atoms with Gasteiger partial charge in [-0.15, -0.1) is 11.3 Å². The second-order valence-corrected chi connectivity index (χ2v) is 7.98. The van der Waals surface area contributed by atoms with Gasteiger partial charge < -0.3 is 9.88 Å². The third-order valence-corrected chi connectivity index (χ3v) is 5.98. The number of rotatable bonds is 3. The molecule has 1 N–H and O–H groups in total. The number of carbonyl (C=O) groups is 1. The fourth-order valence-electron chi connectivity index (χ4n) is 3.70. The molecule has 4 aromatic rings. The van der Waals surface area contributed by atoms with Crippen LogP contribution in [0.5, 0.6) is 0 Å². The minimum Gasteiger partial charge on any atom is -0.337 e. The van der Waals surface area contributed by atoms with Crippen LogP contribution < -0.4 is 5.56 Å². The van der Waals surface area contributed by atoms with Crippen LogP contribution in [0.1, 0.15) is 35.1 Å². The van der Waals surface area contributed by atoms with E-state index in [9.17, 15) is 9.59 Å². The van der Waals surface area contributed by atoms with Crippen LogP contribution in [0.2, 0.25) is 0 Å². The molecule has 0 bridgehead atoms. The molecule has 1 unspecified atom stereocenters. The number of hydrogen-bond donors (Lipinski definition) is 1. The number of thiophene rings is 1. The highest BCUT2D eigenvalue weighted by atomic mass is 32.1. The van der Waals surface area contributed by atoms with Gasteiger partial charge >= 0.3 is 0 Å². The minimum atomic E-state index is -0.173. The number of aromatic amines is 1. The molecule has 0 saturated carbocycles. The van der Waals surface area contributed by atoms with Crippen molar-refractivity contribution < 1.29 is 4.79 Å². The van der Waals surface area contributed by atoms with Crippen molar-refractivity contribution in [3.8, 4) is 10.6 Å². The van der Waals surface area contributed by atoms with Crippen molar-refractivity contribution in [1.82, 2.24) is 29.5 Å². The molecule has 5 rings (SSSR count). The van der Waals surface area contributed by atoms with E-state index in [1.54, 1.807) is 45.3 Å². The van der Waals surface area contributed by atoms with Gasteiger partial charge in [0.05, 0.1) is 10.6 Å². The van der Waals surface area contributed by atoms with Crippen LogP contribution in [-0.2, 0) is 0 Å². The Kier molecular flexibility index (Phi) is 4.44. The van der Waals surface area contributed by atoms with Crippen molar-refractivity contribution >= 4 is 22.9 Å². The lowest BCUT2D eigenvalue weighted by Crippen LogP contribution is -2.40. The van der Waals surface area contributed by atoms with Crippen LogP contribution in [0.3, 0.4) is 0 Å². The maximum Gasteiger partial charge on any atom is 0.274 e. The van der Waals surface area contributed by atoms with Gasteiger partial charge in [-0.2, -0.15) is 5.10 Å². The van der Waals surface area contributed by atoms with Gasteiger partial charge in [-0.1, -0.05) is 6.07 Å². The molecule has 0 aliphatic carbocycles. The van der Waals surface area contributed by atoms with Crippen LogP contribution >= 0.6 is 11.3 Å². The average molecular weight is 406 g/mol. The Bertz CT molecular complexity index is 1200. The van der Waals surface area contributed by atoms with E-state index in [2.05, 4.69) is 20.1 Å². The molecule has 5 heterocycles. The highest BCUT2D eigenvalue weighted by Crippen LogP contribution is 2.27. The Morgan fingerprint density at radius 1 is 1.28 bits per heavy atom. The molecule has 1 aliphatic heterocycles. The normalized spacial score (nSPS) is 17.0. The van der Waals surface area contributed by atoms with Crippen molar-refractivity contribution in [2.45, 2.75) is 18.8 Å². The van der Waals surface area contributed by atoms with Gasteiger partial charge in [-0.05, 0) is 30.4 Å². The van der Waals surface area contributed by atoms with Gasteiger partial charge in [0.2, 0.25) is 0 Å². The van der Waals surface area contributed by atoms with E-state index in [1.807, 2.05) is 17.5 Å². The van der Waals surface area contributed by atoms with Crippen molar-refractivity contribution in [2.24, 2.45) is 0 Å². The van der Waals surface area contributed by atoms with Crippen LogP contribution in [0.15, 0.2) is 52.9 Å². The van der Waals surface area contributed by atoms with Gasteiger partial charge in [0.15, 0.2) is 11.3 Å². The first kappa shape index (κ1) is 17.7. The zero-order chi connectivity index (χ0) is 19.8. The lowest BCUT2D eigenvalue weighted by atomic mass is 9.96. The Morgan fingerprint density at radius 2 is 2.21 bits per heavy atom. The smallest absolute Gasteiger partial charge is 0.274 e. The molecule has 0 aromatic carbocycles. The lowest BCUT2D eigenvalue weighted by molar-refractivity contribution is 0.0698. The molecule has 1 saturated heterocycles. The monoisotopic (exact) mass is 406 g/mol. The Hall–Kier alpha value is -3.33. The number of nitrogens with zero attached hydrogens (tertiary/aromatic N) is 5. The number of fused-ring (bicyclic) bond motifs is 1. The van der Waals surface area contributed by atoms with E-state index in [0.717, 1.165) is 17.7 Å². The first-order chi connectivity index (χ1) is 14.2. The third kappa shape index (κ3) is 3.44. The van der Waals surface area contributed by atoms with Gasteiger partial charge in [-0.3, -0.25) is 9.59 Å². The molecule has 1 aliphatic rings. The summed E-state index contributed by atoms with van der Waals surface area (Å²) >= 11 is 1.55. The van der Waals surface area contributed by atoms with Gasteiger partial charge in [0, 0.05) is 43.5 Å². The van der Waals surface area contributed by atoms with Crippen LogP contribution in [0, 0.1) is 0 Å². The molecule has 146 valence electrons. The molecular formula is C20H18N6O2S. The SMILES string of the molecule is O=C(c1cc2ncccn2n1)N1CCCC(c2nc(-c3cccs3)cc(=O)[nH]2)C1. The maximum atomic E-state index is 13.0. The summed E-state index contributed by atoms with van der Waals surface area (Å²) in [6.45, 7) is 1.16. The Labute approximate surface area is 169 Å². The number of likely N-dealkylation sites (tertiary alicyclic amines) is 1. The van der Waals surface area contributed by atoms with E-state index in [1.165, 1.54) is 6.07 Å². The van der Waals surface area contributed by atoms with E-state index in [-0.39, 0.29) is 17.4 Å². The van der Waals surface area contributed by atoms with Crippen molar-refractivity contribution in [3.05, 3.63) is 70.0 Å². The summed E-state index contributed by atoms with van der Waals surface area (Å²) in [7, 11) is 0. The summed E-state index contributed by atoms with van der Waals surface area (Å²) in [6.07, 6.45) is 5.15. The van der Waals surface area contributed by atoms with Crippen molar-refractivity contribution in [2.75, 3.05) is 13.1 Å². The molecule has 0 radical (unpaired) electrons. The zero-order valence-corrected chi connectivity index (χ0v) is 16.3. The third-order valence-electron chi connectivity index (χ3n) is 5.08. The molecule has 29 heavy (non-hydrogen) atoms. The molecular weight excluding hydrogens is 388 g/mol. The summed E-state index contributed by atoms with van der Waals surface area (Å²) in [5.74, 6) is 0.488. The van der Waals surface area contributed by atoms with E-state index in [0.29, 0.717) is 35.9 Å². The lowest BCUT2D eigenvalue weighted by Gasteiger charge is -2.31. The summed E-state index contributed by atoms with van der Waals surface area (Å²) in [4.78, 5) is 39.7. The first-order valence-electron chi connectivity index (χ1n) is 9.42. The predicted molar refractivity (Wildman–Crippen MR) is 109 cm³/mol. The van der Waals surface area contributed by atoms with Crippen LogP contribution in [-0.4, -0.2) is 48.5 Å². The number of piperidine rings is 1. The second kappa shape index (κ2) is 7.25. The highest BCUT2D eigenvalue weighted by molar-refractivity contribution is 7.13. The molecule has 4 aromatic heterocycles. The molecule has 8 nitrogen and oxygen atoms in total. The largest absolute Gasteiger partial charge is 0.337 e. The minimum absolute atomic E-state index is 0.0181.